The number of fused-ring (bicyclic) bond motifs is 1. The maximum atomic E-state index is 13.3. The molecule has 0 saturated carbocycles. The molecule has 0 unspecified atom stereocenters. The summed E-state index contributed by atoms with van der Waals surface area (Å²) in [6.45, 7) is 2.86. The van der Waals surface area contributed by atoms with Crippen molar-refractivity contribution < 1.29 is 14.0 Å². The first-order valence-electron chi connectivity index (χ1n) is 11.1. The van der Waals surface area contributed by atoms with Gasteiger partial charge in [-0.25, -0.2) is 14.4 Å². The molecule has 4 heterocycles. The summed E-state index contributed by atoms with van der Waals surface area (Å²) in [6.07, 6.45) is 5.79. The van der Waals surface area contributed by atoms with Gasteiger partial charge in [0.05, 0.1) is 18.2 Å². The minimum atomic E-state index is -0.316. The van der Waals surface area contributed by atoms with Gasteiger partial charge in [-0.3, -0.25) is 19.5 Å². The Hall–Kier alpha value is -3.68. The molecule has 1 atom stereocenters. The summed E-state index contributed by atoms with van der Waals surface area (Å²) in [4.78, 5) is 43.1. The first-order valence-corrected chi connectivity index (χ1v) is 11.1. The highest BCUT2D eigenvalue weighted by atomic mass is 19.1. The molecule has 1 fully saturated rings. The Balaban J connectivity index is 1.49. The van der Waals surface area contributed by atoms with Gasteiger partial charge >= 0.3 is 0 Å². The number of halogens is 1. The van der Waals surface area contributed by atoms with Gasteiger partial charge in [0.15, 0.2) is 5.82 Å². The predicted molar refractivity (Wildman–Crippen MR) is 120 cm³/mol. The zero-order valence-electron chi connectivity index (χ0n) is 18.4. The number of hydrogen-bond acceptors (Lipinski definition) is 5. The van der Waals surface area contributed by atoms with E-state index in [-0.39, 0.29) is 23.7 Å². The van der Waals surface area contributed by atoms with Crippen LogP contribution in [-0.4, -0.2) is 38.2 Å². The molecule has 2 amide bonds. The van der Waals surface area contributed by atoms with Crippen LogP contribution in [0.4, 0.5) is 10.2 Å². The number of rotatable bonds is 4. The molecule has 168 valence electrons. The van der Waals surface area contributed by atoms with Crippen molar-refractivity contribution >= 4 is 17.6 Å². The number of aromatic nitrogens is 3. The first-order chi connectivity index (χ1) is 16.0. The molecule has 0 spiro atoms. The average Bonchev–Trinajstić information content (AvgIpc) is 3.32. The average molecular weight is 445 g/mol. The van der Waals surface area contributed by atoms with Gasteiger partial charge in [-0.05, 0) is 56.0 Å². The second-order valence-electron chi connectivity index (χ2n) is 8.47. The van der Waals surface area contributed by atoms with Crippen molar-refractivity contribution in [1.29, 1.82) is 0 Å². The van der Waals surface area contributed by atoms with Crippen molar-refractivity contribution in [1.82, 2.24) is 19.9 Å². The van der Waals surface area contributed by atoms with Gasteiger partial charge in [0.2, 0.25) is 5.91 Å². The standard InChI is InChI=1S/C25H24FN5O2/c1-16-20-10-11-22(32)31(15-17-6-8-19(26)9-7-17)24(20)29-23(28-16)21-5-3-13-30(21)25(33)18-4-2-12-27-14-18/h2,4,6-9,12,14,21H,3,5,10-11,13,15H2,1H3/t21-/m0/s1. The molecule has 2 aromatic heterocycles. The van der Waals surface area contributed by atoms with E-state index in [2.05, 4.69) is 4.98 Å². The molecule has 0 aliphatic carbocycles. The zero-order valence-corrected chi connectivity index (χ0v) is 18.4. The maximum absolute atomic E-state index is 13.3. The topological polar surface area (TPSA) is 79.3 Å². The van der Waals surface area contributed by atoms with E-state index in [0.717, 1.165) is 29.7 Å². The van der Waals surface area contributed by atoms with Crippen molar-refractivity contribution in [2.45, 2.75) is 45.2 Å². The minimum Gasteiger partial charge on any atom is -0.328 e. The quantitative estimate of drug-likeness (QED) is 0.611. The lowest BCUT2D eigenvalue weighted by atomic mass is 10.0. The van der Waals surface area contributed by atoms with E-state index in [4.69, 9.17) is 9.97 Å². The molecule has 2 aliphatic rings. The molecular weight excluding hydrogens is 421 g/mol. The Kier molecular flexibility index (Phi) is 5.58. The third-order valence-corrected chi connectivity index (χ3v) is 6.33. The summed E-state index contributed by atoms with van der Waals surface area (Å²) in [5, 5.41) is 0. The number of hydrogen-bond donors (Lipinski definition) is 0. The van der Waals surface area contributed by atoms with Crippen molar-refractivity contribution in [2.75, 3.05) is 11.4 Å². The third-order valence-electron chi connectivity index (χ3n) is 6.33. The van der Waals surface area contributed by atoms with Crippen LogP contribution in [0, 0.1) is 12.7 Å². The minimum absolute atomic E-state index is 0.0226. The molecule has 5 rings (SSSR count). The zero-order chi connectivity index (χ0) is 22.9. The Morgan fingerprint density at radius 3 is 2.73 bits per heavy atom. The second-order valence-corrected chi connectivity index (χ2v) is 8.47. The second kappa shape index (κ2) is 8.69. The van der Waals surface area contributed by atoms with Crippen LogP contribution in [0.3, 0.4) is 0 Å². The van der Waals surface area contributed by atoms with E-state index in [0.29, 0.717) is 43.1 Å². The molecule has 8 heteroatoms. The fraction of sp³-hybridized carbons (Fsp3) is 0.320. The van der Waals surface area contributed by atoms with Gasteiger partial charge in [-0.2, -0.15) is 0 Å². The Morgan fingerprint density at radius 2 is 1.97 bits per heavy atom. The SMILES string of the molecule is Cc1nc([C@@H]2CCCN2C(=O)c2cccnc2)nc2c1CCC(=O)N2Cc1ccc(F)cc1. The molecule has 33 heavy (non-hydrogen) atoms. The van der Waals surface area contributed by atoms with Crippen LogP contribution in [0.1, 0.15) is 58.3 Å². The fourth-order valence-corrected chi connectivity index (χ4v) is 4.62. The van der Waals surface area contributed by atoms with Gasteiger partial charge in [0.1, 0.15) is 11.6 Å². The lowest BCUT2D eigenvalue weighted by Crippen LogP contribution is -2.37. The number of amides is 2. The molecule has 2 aliphatic heterocycles. The molecule has 3 aromatic rings. The van der Waals surface area contributed by atoms with Crippen molar-refractivity contribution in [3.63, 3.8) is 0 Å². The van der Waals surface area contributed by atoms with Crippen molar-refractivity contribution in [2.24, 2.45) is 0 Å². The lowest BCUT2D eigenvalue weighted by Gasteiger charge is -2.31. The summed E-state index contributed by atoms with van der Waals surface area (Å²) in [5.41, 5.74) is 3.13. The van der Waals surface area contributed by atoms with Crippen LogP contribution in [0.15, 0.2) is 48.8 Å². The van der Waals surface area contributed by atoms with Crippen LogP contribution < -0.4 is 4.90 Å². The smallest absolute Gasteiger partial charge is 0.256 e. The summed E-state index contributed by atoms with van der Waals surface area (Å²) < 4.78 is 13.3. The number of pyridine rings is 1. The van der Waals surface area contributed by atoms with Gasteiger partial charge in [-0.15, -0.1) is 0 Å². The largest absolute Gasteiger partial charge is 0.328 e. The van der Waals surface area contributed by atoms with Crippen LogP contribution >= 0.6 is 0 Å². The van der Waals surface area contributed by atoms with E-state index in [9.17, 15) is 14.0 Å². The van der Waals surface area contributed by atoms with Crippen molar-refractivity contribution in [3.8, 4) is 0 Å². The monoisotopic (exact) mass is 445 g/mol. The molecule has 0 radical (unpaired) electrons. The lowest BCUT2D eigenvalue weighted by molar-refractivity contribution is -0.119. The molecular formula is C25H24FN5O2. The summed E-state index contributed by atoms with van der Waals surface area (Å²) in [6, 6.07) is 9.38. The Bertz CT molecular complexity index is 1200. The molecule has 0 bridgehead atoms. The highest BCUT2D eigenvalue weighted by Gasteiger charge is 2.35. The summed E-state index contributed by atoms with van der Waals surface area (Å²) in [5.74, 6) is 0.720. The predicted octanol–water partition coefficient (Wildman–Crippen LogP) is 3.78. The van der Waals surface area contributed by atoms with Gasteiger partial charge in [-0.1, -0.05) is 12.1 Å². The highest BCUT2D eigenvalue weighted by molar-refractivity contribution is 5.95. The van der Waals surface area contributed by atoms with E-state index in [1.165, 1.54) is 12.1 Å². The Labute approximate surface area is 191 Å². The van der Waals surface area contributed by atoms with E-state index < -0.39 is 0 Å². The van der Waals surface area contributed by atoms with E-state index in [1.54, 1.807) is 46.5 Å². The summed E-state index contributed by atoms with van der Waals surface area (Å²) >= 11 is 0. The van der Waals surface area contributed by atoms with Crippen LogP contribution in [0.25, 0.3) is 0 Å². The first kappa shape index (κ1) is 21.2. The van der Waals surface area contributed by atoms with E-state index in [1.807, 2.05) is 6.92 Å². The van der Waals surface area contributed by atoms with Crippen LogP contribution in [-0.2, 0) is 17.8 Å². The summed E-state index contributed by atoms with van der Waals surface area (Å²) in [7, 11) is 0. The van der Waals surface area contributed by atoms with Gasteiger partial charge in [0, 0.05) is 36.6 Å². The van der Waals surface area contributed by atoms with Gasteiger partial charge < -0.3 is 4.90 Å². The maximum Gasteiger partial charge on any atom is 0.256 e. The number of carbonyl (C=O) groups excluding carboxylic acids is 2. The van der Waals surface area contributed by atoms with E-state index >= 15 is 0 Å². The Morgan fingerprint density at radius 1 is 1.15 bits per heavy atom. The van der Waals surface area contributed by atoms with Crippen LogP contribution in [0.2, 0.25) is 0 Å². The number of anilines is 1. The normalized spacial score (nSPS) is 17.9. The van der Waals surface area contributed by atoms with Gasteiger partial charge in [0.25, 0.3) is 5.91 Å². The molecule has 1 aromatic carbocycles. The molecule has 1 saturated heterocycles. The number of nitrogens with zero attached hydrogens (tertiary/aromatic N) is 5. The van der Waals surface area contributed by atoms with Crippen LogP contribution in [0.5, 0.6) is 0 Å². The highest BCUT2D eigenvalue weighted by Crippen LogP contribution is 2.35. The number of benzene rings is 1. The molecule has 7 nitrogen and oxygen atoms in total. The fourth-order valence-electron chi connectivity index (χ4n) is 4.62. The number of aryl methyl sites for hydroxylation is 1. The molecule has 0 N–H and O–H groups in total. The number of likely N-dealkylation sites (tertiary alicyclic amines) is 1. The number of carbonyl (C=O) groups is 2. The third kappa shape index (κ3) is 4.08. The van der Waals surface area contributed by atoms with Crippen molar-refractivity contribution in [3.05, 3.63) is 82.8 Å².